The quantitative estimate of drug-likeness (QED) is 0.501. The van der Waals surface area contributed by atoms with Gasteiger partial charge >= 0.3 is 0 Å². The van der Waals surface area contributed by atoms with Crippen LogP contribution in [0.25, 0.3) is 0 Å². The first kappa shape index (κ1) is 20.4. The number of ether oxygens (including phenoxy) is 2. The van der Waals surface area contributed by atoms with E-state index in [0.29, 0.717) is 24.7 Å². The van der Waals surface area contributed by atoms with Crippen LogP contribution in [0.3, 0.4) is 0 Å². The largest absolute Gasteiger partial charge is 0.494 e. The Labute approximate surface area is 177 Å². The number of benzene rings is 2. The Kier molecular flexibility index (Phi) is 6.01. The molecule has 1 heterocycles. The van der Waals surface area contributed by atoms with Gasteiger partial charge in [-0.25, -0.2) is 8.42 Å². The molecular formula is C23H24N2O4S. The molecule has 0 unspecified atom stereocenters. The third-order valence-corrected chi connectivity index (χ3v) is 6.76. The van der Waals surface area contributed by atoms with Crippen LogP contribution in [0, 0.1) is 0 Å². The van der Waals surface area contributed by atoms with E-state index in [1.165, 1.54) is 0 Å². The molecule has 1 saturated carbocycles. The second-order valence-corrected chi connectivity index (χ2v) is 9.01. The van der Waals surface area contributed by atoms with E-state index in [1.807, 2.05) is 43.3 Å². The van der Waals surface area contributed by atoms with Gasteiger partial charge < -0.3 is 9.47 Å². The van der Waals surface area contributed by atoms with Gasteiger partial charge in [0.15, 0.2) is 0 Å². The molecule has 0 bridgehead atoms. The summed E-state index contributed by atoms with van der Waals surface area (Å²) >= 11 is 0. The summed E-state index contributed by atoms with van der Waals surface area (Å²) in [5.41, 5.74) is 0.927. The van der Waals surface area contributed by atoms with Gasteiger partial charge in [0.1, 0.15) is 17.2 Å². The van der Waals surface area contributed by atoms with Crippen LogP contribution in [0.15, 0.2) is 78.0 Å². The summed E-state index contributed by atoms with van der Waals surface area (Å²) in [5, 5.41) is 0. The molecule has 156 valence electrons. The minimum atomic E-state index is -3.60. The highest BCUT2D eigenvalue weighted by Gasteiger charge is 2.38. The van der Waals surface area contributed by atoms with Crippen LogP contribution in [0.5, 0.6) is 17.2 Å². The normalized spacial score (nSPS) is 13.9. The maximum atomic E-state index is 13.2. The second-order valence-electron chi connectivity index (χ2n) is 7.11. The first-order chi connectivity index (χ1) is 14.6. The van der Waals surface area contributed by atoms with Gasteiger partial charge in [0.05, 0.1) is 11.5 Å². The second kappa shape index (κ2) is 8.85. The number of hydrogen-bond donors (Lipinski definition) is 0. The first-order valence-corrected chi connectivity index (χ1v) is 11.4. The van der Waals surface area contributed by atoms with Crippen molar-refractivity contribution in [1.29, 1.82) is 0 Å². The van der Waals surface area contributed by atoms with Gasteiger partial charge in [-0.15, -0.1) is 0 Å². The van der Waals surface area contributed by atoms with Crippen molar-refractivity contribution in [2.75, 3.05) is 6.61 Å². The van der Waals surface area contributed by atoms with Crippen LogP contribution in [-0.2, 0) is 16.6 Å². The Morgan fingerprint density at radius 1 is 0.900 bits per heavy atom. The minimum absolute atomic E-state index is 0.0583. The molecular weight excluding hydrogens is 400 g/mol. The Morgan fingerprint density at radius 3 is 2.03 bits per heavy atom. The van der Waals surface area contributed by atoms with Gasteiger partial charge in [-0.2, -0.15) is 4.31 Å². The summed E-state index contributed by atoms with van der Waals surface area (Å²) in [6, 6.07) is 17.6. The lowest BCUT2D eigenvalue weighted by atomic mass is 10.3. The molecule has 3 aromatic rings. The Hall–Kier alpha value is -2.90. The fourth-order valence-corrected chi connectivity index (χ4v) is 4.84. The molecule has 30 heavy (non-hydrogen) atoms. The monoisotopic (exact) mass is 424 g/mol. The molecule has 6 nitrogen and oxygen atoms in total. The summed E-state index contributed by atoms with van der Waals surface area (Å²) in [7, 11) is -3.60. The highest BCUT2D eigenvalue weighted by atomic mass is 32.2. The maximum absolute atomic E-state index is 13.2. The highest BCUT2D eigenvalue weighted by molar-refractivity contribution is 7.89. The van der Waals surface area contributed by atoms with Crippen LogP contribution >= 0.6 is 0 Å². The molecule has 1 aliphatic rings. The fraction of sp³-hybridized carbons (Fsp3) is 0.261. The van der Waals surface area contributed by atoms with E-state index in [4.69, 9.17) is 9.47 Å². The maximum Gasteiger partial charge on any atom is 0.243 e. The zero-order chi connectivity index (χ0) is 21.0. The van der Waals surface area contributed by atoms with Crippen molar-refractivity contribution >= 4 is 10.0 Å². The SMILES string of the molecule is CCOc1ccc(Oc2ccc(S(=O)(=O)N(Cc3ccncc3)C3CC3)cc2)cc1. The van der Waals surface area contributed by atoms with Gasteiger partial charge in [0, 0.05) is 25.0 Å². The molecule has 0 saturated heterocycles. The lowest BCUT2D eigenvalue weighted by molar-refractivity contribution is 0.339. The number of hydrogen-bond acceptors (Lipinski definition) is 5. The van der Waals surface area contributed by atoms with E-state index < -0.39 is 10.0 Å². The molecule has 0 spiro atoms. The number of sulfonamides is 1. The molecule has 4 rings (SSSR count). The van der Waals surface area contributed by atoms with E-state index >= 15 is 0 Å². The molecule has 1 aliphatic carbocycles. The van der Waals surface area contributed by atoms with E-state index in [9.17, 15) is 8.42 Å². The lowest BCUT2D eigenvalue weighted by Gasteiger charge is -2.22. The number of nitrogens with zero attached hydrogens (tertiary/aromatic N) is 2. The summed E-state index contributed by atoms with van der Waals surface area (Å²) < 4.78 is 39.3. The van der Waals surface area contributed by atoms with Crippen LogP contribution in [0.4, 0.5) is 0 Å². The third kappa shape index (κ3) is 4.80. The smallest absolute Gasteiger partial charge is 0.243 e. The highest BCUT2D eigenvalue weighted by Crippen LogP contribution is 2.34. The van der Waals surface area contributed by atoms with Gasteiger partial charge in [-0.3, -0.25) is 4.98 Å². The summed E-state index contributed by atoms with van der Waals surface area (Å²) in [6.07, 6.45) is 5.15. The van der Waals surface area contributed by atoms with Crippen molar-refractivity contribution in [2.24, 2.45) is 0 Å². The zero-order valence-corrected chi connectivity index (χ0v) is 17.6. The summed E-state index contributed by atoms with van der Waals surface area (Å²) in [5.74, 6) is 2.01. The van der Waals surface area contributed by atoms with Gasteiger partial charge in [-0.1, -0.05) is 0 Å². The van der Waals surface area contributed by atoms with Crippen LogP contribution < -0.4 is 9.47 Å². The van der Waals surface area contributed by atoms with E-state index in [-0.39, 0.29) is 10.9 Å². The molecule has 2 aromatic carbocycles. The average Bonchev–Trinajstić information content (AvgIpc) is 3.60. The molecule has 0 atom stereocenters. The van der Waals surface area contributed by atoms with Crippen molar-refractivity contribution in [1.82, 2.24) is 9.29 Å². The topological polar surface area (TPSA) is 68.7 Å². The van der Waals surface area contributed by atoms with Gasteiger partial charge in [0.2, 0.25) is 10.0 Å². The molecule has 0 N–H and O–H groups in total. The van der Waals surface area contributed by atoms with E-state index in [2.05, 4.69) is 4.98 Å². The van der Waals surface area contributed by atoms with Crippen molar-refractivity contribution in [3.8, 4) is 17.2 Å². The van der Waals surface area contributed by atoms with Crippen LogP contribution in [0.1, 0.15) is 25.3 Å². The van der Waals surface area contributed by atoms with Crippen molar-refractivity contribution in [2.45, 2.75) is 37.2 Å². The minimum Gasteiger partial charge on any atom is -0.494 e. The van der Waals surface area contributed by atoms with Crippen LogP contribution in [-0.4, -0.2) is 30.4 Å². The number of pyridine rings is 1. The van der Waals surface area contributed by atoms with Crippen molar-refractivity contribution in [3.05, 3.63) is 78.6 Å². The predicted molar refractivity (Wildman–Crippen MR) is 114 cm³/mol. The molecule has 0 radical (unpaired) electrons. The fourth-order valence-electron chi connectivity index (χ4n) is 3.16. The van der Waals surface area contributed by atoms with Gasteiger partial charge in [0.25, 0.3) is 0 Å². The Balaban J connectivity index is 1.49. The first-order valence-electron chi connectivity index (χ1n) is 9.98. The molecule has 1 aromatic heterocycles. The Morgan fingerprint density at radius 2 is 1.47 bits per heavy atom. The standard InChI is InChI=1S/C23H24N2O4S/c1-2-28-20-5-7-21(8-6-20)29-22-9-11-23(12-10-22)30(26,27)25(19-3-4-19)17-18-13-15-24-16-14-18/h5-16,19H,2-4,17H2,1H3. The predicted octanol–water partition coefficient (Wildman–Crippen LogP) is 4.63. The summed E-state index contributed by atoms with van der Waals surface area (Å²) in [4.78, 5) is 4.27. The number of aromatic nitrogens is 1. The lowest BCUT2D eigenvalue weighted by Crippen LogP contribution is -2.32. The third-order valence-electron chi connectivity index (χ3n) is 4.84. The zero-order valence-electron chi connectivity index (χ0n) is 16.8. The molecule has 0 amide bonds. The Bertz CT molecular complexity index is 1060. The van der Waals surface area contributed by atoms with Crippen molar-refractivity contribution in [3.63, 3.8) is 0 Å². The van der Waals surface area contributed by atoms with Crippen LogP contribution in [0.2, 0.25) is 0 Å². The molecule has 7 heteroatoms. The van der Waals surface area contributed by atoms with E-state index in [1.54, 1.807) is 41.0 Å². The van der Waals surface area contributed by atoms with Gasteiger partial charge in [-0.05, 0) is 86.0 Å². The molecule has 1 fully saturated rings. The van der Waals surface area contributed by atoms with Crippen molar-refractivity contribution < 1.29 is 17.9 Å². The van der Waals surface area contributed by atoms with E-state index in [0.717, 1.165) is 24.2 Å². The number of rotatable bonds is 9. The average molecular weight is 425 g/mol. The molecule has 0 aliphatic heterocycles. The summed E-state index contributed by atoms with van der Waals surface area (Å²) in [6.45, 7) is 2.89.